The van der Waals surface area contributed by atoms with Gasteiger partial charge in [0.15, 0.2) is 0 Å². The van der Waals surface area contributed by atoms with Gasteiger partial charge >= 0.3 is 7.05 Å². The molecule has 0 aliphatic carbocycles. The minimum absolute atomic E-state index is 0.0826. The van der Waals surface area contributed by atoms with Crippen LogP contribution in [0, 0.1) is 10.1 Å². The third-order valence-electron chi connectivity index (χ3n) is 1.95. The van der Waals surface area contributed by atoms with Crippen molar-refractivity contribution in [1.29, 1.82) is 0 Å². The van der Waals surface area contributed by atoms with E-state index in [4.69, 9.17) is 5.02 Å². The lowest BCUT2D eigenvalue weighted by atomic mass is 9.89. The molecule has 0 aliphatic rings. The van der Waals surface area contributed by atoms with Gasteiger partial charge in [-0.3, -0.25) is 10.1 Å². The lowest BCUT2D eigenvalue weighted by Gasteiger charge is -1.98. The van der Waals surface area contributed by atoms with Gasteiger partial charge in [0, 0.05) is 18.7 Å². The first-order valence-electron chi connectivity index (χ1n) is 4.92. The highest BCUT2D eigenvalue weighted by atomic mass is 16.6. The van der Waals surface area contributed by atoms with E-state index in [2.05, 4.69) is 5.23 Å². The average Bonchev–Trinajstić information content (AvgIpc) is 2.25. The smallest absolute Gasteiger partial charge is 0.373 e. The van der Waals surface area contributed by atoms with Crippen LogP contribution in [-0.4, -0.2) is 23.5 Å². The monoisotopic (exact) mass is 220 g/mol. The second-order valence-corrected chi connectivity index (χ2v) is 3.34. The zero-order chi connectivity index (χ0) is 12.0. The van der Waals surface area contributed by atoms with Crippen molar-refractivity contribution < 1.29 is 9.95 Å². The first-order valence-corrected chi connectivity index (χ1v) is 4.92. The van der Waals surface area contributed by atoms with E-state index in [-0.39, 0.29) is 5.69 Å². The Bertz CT molecular complexity index is 376. The number of non-ortho nitro benzene ring substituents is 1. The quantitative estimate of drug-likeness (QED) is 0.445. The Morgan fingerprint density at radius 3 is 2.62 bits per heavy atom. The zero-order valence-electron chi connectivity index (χ0n) is 8.96. The molecule has 16 heavy (non-hydrogen) atoms. The van der Waals surface area contributed by atoms with E-state index in [1.807, 2.05) is 12.2 Å². The molecule has 2 N–H and O–H groups in total. The van der Waals surface area contributed by atoms with E-state index in [1.54, 1.807) is 19.0 Å². The molecule has 0 atom stereocenters. The average molecular weight is 220 g/mol. The third kappa shape index (κ3) is 4.25. The van der Waals surface area contributed by atoms with Gasteiger partial charge in [-0.05, 0) is 24.5 Å². The van der Waals surface area contributed by atoms with E-state index in [0.29, 0.717) is 6.54 Å². The highest BCUT2D eigenvalue weighted by molar-refractivity contribution is 6.45. The van der Waals surface area contributed by atoms with Crippen LogP contribution in [0.2, 0.25) is 6.82 Å². The number of nitrogens with one attached hydrogen (secondary N) is 1. The molecule has 0 amide bonds. The summed E-state index contributed by atoms with van der Waals surface area (Å²) in [7, 11) is -0.540. The van der Waals surface area contributed by atoms with Crippen LogP contribution in [0.15, 0.2) is 30.3 Å². The van der Waals surface area contributed by atoms with Crippen LogP contribution in [0.25, 0.3) is 6.08 Å². The van der Waals surface area contributed by atoms with Gasteiger partial charge in [0.05, 0.1) is 4.92 Å². The van der Waals surface area contributed by atoms with Gasteiger partial charge in [0.25, 0.3) is 5.69 Å². The van der Waals surface area contributed by atoms with E-state index < -0.39 is 12.0 Å². The van der Waals surface area contributed by atoms with Crippen molar-refractivity contribution in [2.45, 2.75) is 6.82 Å². The molecule has 0 unspecified atom stereocenters. The Kier molecular flexibility index (Phi) is 4.69. The minimum atomic E-state index is -0.540. The standard InChI is InChI=1S/C10H13BN2O3/c1-11(14)12-8-2-3-9-4-6-10(7-5-9)13(15)16/h2-7,12,14H,8H2,1H3. The van der Waals surface area contributed by atoms with Gasteiger partial charge in [-0.2, -0.15) is 0 Å². The fraction of sp³-hybridized carbons (Fsp3) is 0.200. The molecule has 0 aromatic heterocycles. The van der Waals surface area contributed by atoms with Crippen molar-refractivity contribution in [2.24, 2.45) is 0 Å². The Morgan fingerprint density at radius 1 is 1.50 bits per heavy atom. The first kappa shape index (κ1) is 12.4. The van der Waals surface area contributed by atoms with Crippen LogP contribution >= 0.6 is 0 Å². The molecule has 0 saturated heterocycles. The van der Waals surface area contributed by atoms with Crippen molar-refractivity contribution in [3.8, 4) is 0 Å². The largest absolute Gasteiger partial charge is 0.437 e. The van der Waals surface area contributed by atoms with Gasteiger partial charge in [0.1, 0.15) is 0 Å². The summed E-state index contributed by atoms with van der Waals surface area (Å²) in [6, 6.07) is 6.28. The maximum atomic E-state index is 10.4. The summed E-state index contributed by atoms with van der Waals surface area (Å²) in [5.74, 6) is 0. The molecule has 0 saturated carbocycles. The summed E-state index contributed by atoms with van der Waals surface area (Å²) in [6.07, 6.45) is 3.67. The van der Waals surface area contributed by atoms with Crippen molar-refractivity contribution in [3.63, 3.8) is 0 Å². The number of nitro benzene ring substituents is 1. The lowest BCUT2D eigenvalue weighted by molar-refractivity contribution is -0.384. The topological polar surface area (TPSA) is 75.4 Å². The summed E-state index contributed by atoms with van der Waals surface area (Å²) >= 11 is 0. The number of hydrogen-bond donors (Lipinski definition) is 2. The molecule has 0 aliphatic heterocycles. The van der Waals surface area contributed by atoms with E-state index >= 15 is 0 Å². The molecule has 0 heterocycles. The first-order chi connectivity index (χ1) is 7.59. The van der Waals surface area contributed by atoms with Gasteiger partial charge < -0.3 is 10.3 Å². The number of nitrogens with zero attached hydrogens (tertiary/aromatic N) is 1. The summed E-state index contributed by atoms with van der Waals surface area (Å²) in [5.41, 5.74) is 0.970. The Labute approximate surface area is 94.1 Å². The highest BCUT2D eigenvalue weighted by Gasteiger charge is 2.02. The SMILES string of the molecule is CB(O)NCC=Cc1ccc([N+](=O)[O-])cc1. The van der Waals surface area contributed by atoms with Crippen LogP contribution in [0.4, 0.5) is 5.69 Å². The van der Waals surface area contributed by atoms with Gasteiger partial charge in [0.2, 0.25) is 0 Å². The summed E-state index contributed by atoms with van der Waals surface area (Å²) < 4.78 is 0. The van der Waals surface area contributed by atoms with Crippen LogP contribution < -0.4 is 5.23 Å². The summed E-state index contributed by atoms with van der Waals surface area (Å²) in [4.78, 5) is 9.97. The molecule has 84 valence electrons. The van der Waals surface area contributed by atoms with E-state index in [1.165, 1.54) is 12.1 Å². The van der Waals surface area contributed by atoms with E-state index in [0.717, 1.165) is 5.56 Å². The van der Waals surface area contributed by atoms with Crippen molar-refractivity contribution in [1.82, 2.24) is 5.23 Å². The highest BCUT2D eigenvalue weighted by Crippen LogP contribution is 2.12. The van der Waals surface area contributed by atoms with Crippen LogP contribution in [0.3, 0.4) is 0 Å². The molecule has 1 aromatic rings. The number of nitro groups is 1. The van der Waals surface area contributed by atoms with Crippen LogP contribution in [0.1, 0.15) is 5.56 Å². The lowest BCUT2D eigenvalue weighted by Crippen LogP contribution is -2.30. The summed E-state index contributed by atoms with van der Waals surface area (Å²) in [6.45, 7) is 2.19. The Hall–Kier alpha value is -1.66. The summed E-state index contributed by atoms with van der Waals surface area (Å²) in [5, 5.41) is 22.1. The third-order valence-corrected chi connectivity index (χ3v) is 1.95. The van der Waals surface area contributed by atoms with Gasteiger partial charge in [-0.25, -0.2) is 0 Å². The predicted octanol–water partition coefficient (Wildman–Crippen LogP) is 1.31. The molecule has 0 radical (unpaired) electrons. The van der Waals surface area contributed by atoms with Crippen LogP contribution in [0.5, 0.6) is 0 Å². The maximum Gasteiger partial charge on any atom is 0.373 e. The molecule has 5 nitrogen and oxygen atoms in total. The second kappa shape index (κ2) is 6.04. The fourth-order valence-corrected chi connectivity index (χ4v) is 1.14. The zero-order valence-corrected chi connectivity index (χ0v) is 8.96. The molecule has 0 bridgehead atoms. The van der Waals surface area contributed by atoms with Crippen molar-refractivity contribution >= 4 is 18.8 Å². The van der Waals surface area contributed by atoms with E-state index in [9.17, 15) is 10.1 Å². The molecular formula is C10H13BN2O3. The van der Waals surface area contributed by atoms with Crippen LogP contribution in [-0.2, 0) is 0 Å². The number of hydrogen-bond acceptors (Lipinski definition) is 4. The Morgan fingerprint density at radius 2 is 2.12 bits per heavy atom. The molecule has 1 aromatic carbocycles. The number of benzene rings is 1. The normalized spacial score (nSPS) is 10.6. The van der Waals surface area contributed by atoms with Gasteiger partial charge in [-0.15, -0.1) is 0 Å². The molecule has 6 heteroatoms. The molecule has 1 rings (SSSR count). The van der Waals surface area contributed by atoms with Crippen molar-refractivity contribution in [2.75, 3.05) is 6.54 Å². The number of rotatable bonds is 5. The predicted molar refractivity (Wildman–Crippen MR) is 64.0 cm³/mol. The fourth-order valence-electron chi connectivity index (χ4n) is 1.14. The second-order valence-electron chi connectivity index (χ2n) is 3.34. The maximum absolute atomic E-state index is 10.4. The van der Waals surface area contributed by atoms with Gasteiger partial charge in [-0.1, -0.05) is 12.2 Å². The minimum Gasteiger partial charge on any atom is -0.437 e. The molecule has 0 fully saturated rings. The Balaban J connectivity index is 2.52. The molecule has 0 spiro atoms. The van der Waals surface area contributed by atoms with Crippen molar-refractivity contribution in [3.05, 3.63) is 46.0 Å². The molecular weight excluding hydrogens is 207 g/mol.